The summed E-state index contributed by atoms with van der Waals surface area (Å²) in [6.07, 6.45) is 15.1. The third kappa shape index (κ3) is 29.5. The predicted octanol–water partition coefficient (Wildman–Crippen LogP) is -2.52. The molecular formula is C20H48Cl2N2O. The molecule has 0 saturated carbocycles. The standard InChI is InChI=1S/C14H31N.C6H16NO.2ClH/c1-4-5-6-7-8-9-10-11-12-13-14-15(2)3;1-5-6(8)7(2,3)4;;/h4-14H2,1-3H3;6,8H,5H2,1-4H3;2*1H/q;+1;;/p-1. The summed E-state index contributed by atoms with van der Waals surface area (Å²) in [5.41, 5.74) is 0. The molecule has 0 aromatic rings. The molecule has 3 nitrogen and oxygen atoms in total. The van der Waals surface area contributed by atoms with Gasteiger partial charge in [-0.3, -0.25) is 0 Å². The molecule has 0 aromatic heterocycles. The highest BCUT2D eigenvalue weighted by Crippen LogP contribution is 2.09. The summed E-state index contributed by atoms with van der Waals surface area (Å²) in [6, 6.07) is 0. The second kappa shape index (κ2) is 22.5. The number of nitrogens with zero attached hydrogens (tertiary/aromatic N) is 1. The first-order chi connectivity index (χ1) is 10.8. The Hall–Kier alpha value is 0.460. The van der Waals surface area contributed by atoms with Crippen molar-refractivity contribution in [2.45, 2.75) is 90.7 Å². The molecule has 1 atom stereocenters. The Morgan fingerprint density at radius 3 is 1.32 bits per heavy atom. The van der Waals surface area contributed by atoms with Crippen LogP contribution in [0.15, 0.2) is 0 Å². The molecule has 0 heterocycles. The van der Waals surface area contributed by atoms with E-state index in [1.165, 1.54) is 70.8 Å². The van der Waals surface area contributed by atoms with Crippen LogP contribution in [0.25, 0.3) is 0 Å². The number of rotatable bonds is 13. The summed E-state index contributed by atoms with van der Waals surface area (Å²) in [5.74, 6) is 0. The normalized spacial score (nSPS) is 11.9. The number of halogens is 2. The van der Waals surface area contributed by atoms with E-state index >= 15 is 0 Å². The fourth-order valence-corrected chi connectivity index (χ4v) is 2.51. The van der Waals surface area contributed by atoms with Crippen LogP contribution in [0.2, 0.25) is 0 Å². The highest BCUT2D eigenvalue weighted by Gasteiger charge is 2.16. The van der Waals surface area contributed by atoms with Gasteiger partial charge in [0.15, 0.2) is 6.23 Å². The first kappa shape index (κ1) is 33.1. The van der Waals surface area contributed by atoms with E-state index in [-0.39, 0.29) is 31.0 Å². The van der Waals surface area contributed by atoms with E-state index in [4.69, 9.17) is 5.11 Å². The summed E-state index contributed by atoms with van der Waals surface area (Å²) < 4.78 is 0.635. The Bertz CT molecular complexity index is 234. The molecule has 0 amide bonds. The topological polar surface area (TPSA) is 24.7 Å². The smallest absolute Gasteiger partial charge is 0.189 e. The third-order valence-corrected chi connectivity index (χ3v) is 4.29. The number of hydrogen-bond acceptors (Lipinski definition) is 1. The van der Waals surface area contributed by atoms with E-state index < -0.39 is 0 Å². The quantitative estimate of drug-likeness (QED) is 0.198. The van der Waals surface area contributed by atoms with Gasteiger partial charge >= 0.3 is 0 Å². The Balaban J connectivity index is -0.000000190. The van der Waals surface area contributed by atoms with Crippen molar-refractivity contribution in [3.8, 4) is 0 Å². The molecule has 0 saturated heterocycles. The van der Waals surface area contributed by atoms with E-state index in [0.717, 1.165) is 6.42 Å². The van der Waals surface area contributed by atoms with Crippen LogP contribution in [0, 0.1) is 0 Å². The molecule has 0 bridgehead atoms. The molecule has 0 fully saturated rings. The molecular weight excluding hydrogens is 355 g/mol. The van der Waals surface area contributed by atoms with Crippen LogP contribution in [0.3, 0.4) is 0 Å². The van der Waals surface area contributed by atoms with Crippen molar-refractivity contribution in [1.82, 2.24) is 0 Å². The average molecular weight is 404 g/mol. The van der Waals surface area contributed by atoms with Crippen LogP contribution in [0.1, 0.15) is 84.5 Å². The predicted molar refractivity (Wildman–Crippen MR) is 104 cm³/mol. The Morgan fingerprint density at radius 2 is 1.08 bits per heavy atom. The second-order valence-electron chi connectivity index (χ2n) is 8.14. The zero-order valence-electron chi connectivity index (χ0n) is 18.2. The number of unbranched alkanes of at least 4 members (excludes halogenated alkanes) is 9. The highest BCUT2D eigenvalue weighted by molar-refractivity contribution is 4.46. The summed E-state index contributed by atoms with van der Waals surface area (Å²) >= 11 is 0. The summed E-state index contributed by atoms with van der Waals surface area (Å²) in [4.78, 5) is 1.59. The van der Waals surface area contributed by atoms with Crippen LogP contribution in [0.5, 0.6) is 0 Å². The molecule has 5 heteroatoms. The van der Waals surface area contributed by atoms with Gasteiger partial charge in [-0.15, -0.1) is 0 Å². The van der Waals surface area contributed by atoms with Crippen molar-refractivity contribution in [2.24, 2.45) is 0 Å². The van der Waals surface area contributed by atoms with Crippen molar-refractivity contribution < 1.29 is 39.3 Å². The van der Waals surface area contributed by atoms with Gasteiger partial charge in [0.1, 0.15) is 0 Å². The first-order valence-electron chi connectivity index (χ1n) is 10.0. The number of nitrogens with one attached hydrogen (secondary N) is 1. The minimum Gasteiger partial charge on any atom is -1.00 e. The van der Waals surface area contributed by atoms with Crippen LogP contribution >= 0.6 is 0 Å². The van der Waals surface area contributed by atoms with E-state index in [1.807, 2.05) is 28.1 Å². The Morgan fingerprint density at radius 1 is 0.720 bits per heavy atom. The summed E-state index contributed by atoms with van der Waals surface area (Å²) in [5, 5.41) is 9.17. The molecule has 0 spiro atoms. The van der Waals surface area contributed by atoms with Gasteiger partial charge in [0, 0.05) is 6.42 Å². The minimum atomic E-state index is -0.213. The van der Waals surface area contributed by atoms with Crippen LogP contribution in [-0.2, 0) is 0 Å². The van der Waals surface area contributed by atoms with Gasteiger partial charge in [-0.1, -0.05) is 65.2 Å². The maximum Gasteiger partial charge on any atom is 0.189 e. The Kier molecular flexibility index (Phi) is 29.8. The molecule has 0 aliphatic heterocycles. The van der Waals surface area contributed by atoms with Gasteiger partial charge in [-0.2, -0.15) is 0 Å². The number of aliphatic hydroxyl groups excluding tert-OH is 1. The zero-order chi connectivity index (χ0) is 18.1. The SMILES string of the molecule is CCC(O)[N+](C)(C)C.CCCCCCCCCCCC[NH+](C)C.[Cl-].[Cl-]. The molecule has 25 heavy (non-hydrogen) atoms. The maximum absolute atomic E-state index is 9.17. The number of hydrogen-bond donors (Lipinski definition) is 2. The van der Waals surface area contributed by atoms with Crippen LogP contribution in [0.4, 0.5) is 0 Å². The van der Waals surface area contributed by atoms with Crippen LogP contribution in [-0.4, -0.2) is 57.6 Å². The summed E-state index contributed by atoms with van der Waals surface area (Å²) in [6.45, 7) is 5.61. The van der Waals surface area contributed by atoms with Gasteiger partial charge in [-0.25, -0.2) is 0 Å². The average Bonchev–Trinajstić information content (AvgIpc) is 2.47. The second-order valence-corrected chi connectivity index (χ2v) is 8.14. The molecule has 0 rings (SSSR count). The first-order valence-corrected chi connectivity index (χ1v) is 10.0. The van der Waals surface area contributed by atoms with Gasteiger partial charge in [0.2, 0.25) is 0 Å². The maximum atomic E-state index is 9.17. The molecule has 0 radical (unpaired) electrons. The Labute approximate surface area is 172 Å². The van der Waals surface area contributed by atoms with E-state index in [2.05, 4.69) is 21.0 Å². The van der Waals surface area contributed by atoms with Crippen molar-refractivity contribution in [3.63, 3.8) is 0 Å². The fourth-order valence-electron chi connectivity index (χ4n) is 2.51. The van der Waals surface area contributed by atoms with E-state index in [9.17, 15) is 0 Å². The van der Waals surface area contributed by atoms with E-state index in [1.54, 1.807) is 4.90 Å². The zero-order valence-corrected chi connectivity index (χ0v) is 19.7. The highest BCUT2D eigenvalue weighted by atomic mass is 35.5. The molecule has 158 valence electrons. The largest absolute Gasteiger partial charge is 1.00 e. The lowest BCUT2D eigenvalue weighted by atomic mass is 10.1. The summed E-state index contributed by atoms with van der Waals surface area (Å²) in [7, 11) is 10.4. The van der Waals surface area contributed by atoms with Gasteiger partial charge in [0.05, 0.1) is 41.8 Å². The lowest BCUT2D eigenvalue weighted by Gasteiger charge is -2.28. The minimum absolute atomic E-state index is 0. The van der Waals surface area contributed by atoms with Gasteiger partial charge < -0.3 is 39.3 Å². The molecule has 0 aliphatic rings. The number of aliphatic hydroxyl groups is 1. The van der Waals surface area contributed by atoms with Crippen molar-refractivity contribution >= 4 is 0 Å². The number of quaternary nitrogens is 2. The van der Waals surface area contributed by atoms with Crippen LogP contribution < -0.4 is 29.7 Å². The van der Waals surface area contributed by atoms with Crippen molar-refractivity contribution in [2.75, 3.05) is 41.8 Å². The molecule has 2 N–H and O–H groups in total. The third-order valence-electron chi connectivity index (χ3n) is 4.29. The van der Waals surface area contributed by atoms with E-state index in [0.29, 0.717) is 4.48 Å². The van der Waals surface area contributed by atoms with Crippen molar-refractivity contribution in [3.05, 3.63) is 0 Å². The van der Waals surface area contributed by atoms with Crippen molar-refractivity contribution in [1.29, 1.82) is 0 Å². The monoisotopic (exact) mass is 402 g/mol. The fraction of sp³-hybridized carbons (Fsp3) is 1.00. The lowest BCUT2D eigenvalue weighted by Crippen LogP contribution is -3.05. The van der Waals surface area contributed by atoms with Gasteiger partial charge in [-0.05, 0) is 12.8 Å². The molecule has 0 aliphatic carbocycles. The van der Waals surface area contributed by atoms with Gasteiger partial charge in [0.25, 0.3) is 0 Å². The lowest BCUT2D eigenvalue weighted by molar-refractivity contribution is -0.918. The molecule has 0 aromatic carbocycles. The molecule has 1 unspecified atom stereocenters.